The van der Waals surface area contributed by atoms with Crippen molar-refractivity contribution in [3.63, 3.8) is 0 Å². The largest absolute Gasteiger partial charge is 0.387 e. The topological polar surface area (TPSA) is 33.1 Å². The van der Waals surface area contributed by atoms with Gasteiger partial charge in [0.05, 0.1) is 6.10 Å². The Hall–Kier alpha value is -0.480. The third-order valence-corrected chi connectivity index (χ3v) is 1.89. The van der Waals surface area contributed by atoms with Crippen molar-refractivity contribution < 1.29 is 9.50 Å². The van der Waals surface area contributed by atoms with Gasteiger partial charge in [-0.1, -0.05) is 22.0 Å². The van der Waals surface area contributed by atoms with Gasteiger partial charge in [-0.25, -0.2) is 4.98 Å². The fourth-order valence-electron chi connectivity index (χ4n) is 0.673. The highest BCUT2D eigenvalue weighted by Crippen LogP contribution is 2.13. The van der Waals surface area contributed by atoms with Gasteiger partial charge in [0.15, 0.2) is 0 Å². The molecule has 11 heavy (non-hydrogen) atoms. The van der Waals surface area contributed by atoms with Crippen LogP contribution in [0.15, 0.2) is 18.3 Å². The molecule has 2 nitrogen and oxygen atoms in total. The number of hydrogen-bond acceptors (Lipinski definition) is 2. The molecule has 0 amide bonds. The molecular formula is C7H7BrFNO. The lowest BCUT2D eigenvalue weighted by atomic mass is 10.2. The van der Waals surface area contributed by atoms with E-state index in [-0.39, 0.29) is 0 Å². The second-order valence-electron chi connectivity index (χ2n) is 2.08. The average molecular weight is 220 g/mol. The zero-order valence-corrected chi connectivity index (χ0v) is 7.25. The number of aromatic nitrogens is 1. The first kappa shape index (κ1) is 8.62. The first-order valence-corrected chi connectivity index (χ1v) is 4.21. The van der Waals surface area contributed by atoms with Crippen molar-refractivity contribution in [3.8, 4) is 0 Å². The summed E-state index contributed by atoms with van der Waals surface area (Å²) in [6, 6.07) is 2.73. The lowest BCUT2D eigenvalue weighted by Crippen LogP contribution is -1.98. The molecule has 60 valence electrons. The van der Waals surface area contributed by atoms with Crippen LogP contribution in [-0.4, -0.2) is 15.4 Å². The van der Waals surface area contributed by atoms with E-state index in [4.69, 9.17) is 0 Å². The van der Waals surface area contributed by atoms with Crippen LogP contribution in [0.1, 0.15) is 11.7 Å². The summed E-state index contributed by atoms with van der Waals surface area (Å²) in [6.45, 7) is 0. The number of hydrogen-bond donors (Lipinski definition) is 1. The maximum absolute atomic E-state index is 12.2. The van der Waals surface area contributed by atoms with E-state index in [1.54, 1.807) is 0 Å². The summed E-state index contributed by atoms with van der Waals surface area (Å²) in [5, 5.41) is 9.64. The molecule has 1 atom stereocenters. The van der Waals surface area contributed by atoms with Gasteiger partial charge in [0.1, 0.15) is 0 Å². The van der Waals surface area contributed by atoms with Crippen LogP contribution in [0.25, 0.3) is 0 Å². The van der Waals surface area contributed by atoms with Crippen LogP contribution in [0.5, 0.6) is 0 Å². The zero-order chi connectivity index (χ0) is 8.27. The van der Waals surface area contributed by atoms with E-state index in [1.165, 1.54) is 18.3 Å². The van der Waals surface area contributed by atoms with Crippen LogP contribution >= 0.6 is 15.9 Å². The standard InChI is InChI=1S/C7H7BrFNO/c8-3-6(11)5-1-2-7(9)10-4-5/h1-2,4,6,11H,3H2. The molecule has 0 saturated heterocycles. The summed E-state index contributed by atoms with van der Waals surface area (Å²) >= 11 is 3.10. The Labute approximate surface area is 72.2 Å². The highest BCUT2D eigenvalue weighted by Gasteiger charge is 2.04. The van der Waals surface area contributed by atoms with Crippen molar-refractivity contribution in [2.24, 2.45) is 0 Å². The van der Waals surface area contributed by atoms with E-state index in [0.717, 1.165) is 0 Å². The number of nitrogens with zero attached hydrogens (tertiary/aromatic N) is 1. The molecule has 0 aromatic carbocycles. The Balaban J connectivity index is 2.81. The molecule has 0 aliphatic rings. The van der Waals surface area contributed by atoms with Gasteiger partial charge in [-0.3, -0.25) is 0 Å². The van der Waals surface area contributed by atoms with Crippen molar-refractivity contribution in [1.82, 2.24) is 4.98 Å². The molecule has 4 heteroatoms. The molecule has 0 aliphatic heterocycles. The molecule has 1 aromatic heterocycles. The van der Waals surface area contributed by atoms with Crippen molar-refractivity contribution in [1.29, 1.82) is 0 Å². The molecule has 0 bridgehead atoms. The van der Waals surface area contributed by atoms with Crippen LogP contribution in [-0.2, 0) is 0 Å². The Morgan fingerprint density at radius 2 is 2.36 bits per heavy atom. The van der Waals surface area contributed by atoms with Crippen LogP contribution in [0.2, 0.25) is 0 Å². The van der Waals surface area contributed by atoms with E-state index < -0.39 is 12.1 Å². The normalized spacial score (nSPS) is 13.0. The minimum atomic E-state index is -0.608. The summed E-state index contributed by atoms with van der Waals surface area (Å²) in [5.74, 6) is -0.532. The van der Waals surface area contributed by atoms with Crippen molar-refractivity contribution in [2.75, 3.05) is 5.33 Å². The number of pyridine rings is 1. The lowest BCUT2D eigenvalue weighted by molar-refractivity contribution is 0.205. The van der Waals surface area contributed by atoms with Gasteiger partial charge in [0.2, 0.25) is 5.95 Å². The Kier molecular flexibility index (Phi) is 2.96. The third-order valence-electron chi connectivity index (χ3n) is 1.28. The predicted octanol–water partition coefficient (Wildman–Crippen LogP) is 1.65. The summed E-state index contributed by atoms with van der Waals surface area (Å²) in [5.41, 5.74) is 0.614. The summed E-state index contributed by atoms with van der Waals surface area (Å²) < 4.78 is 12.2. The van der Waals surface area contributed by atoms with Gasteiger partial charge in [-0.05, 0) is 11.6 Å². The van der Waals surface area contributed by atoms with Gasteiger partial charge in [0.25, 0.3) is 0 Å². The Bertz CT molecular complexity index is 226. The summed E-state index contributed by atoms with van der Waals surface area (Å²) in [7, 11) is 0. The van der Waals surface area contributed by atoms with Crippen LogP contribution in [0.4, 0.5) is 4.39 Å². The molecule has 0 saturated carbocycles. The monoisotopic (exact) mass is 219 g/mol. The smallest absolute Gasteiger partial charge is 0.212 e. The average Bonchev–Trinajstić information content (AvgIpc) is 2.05. The first-order valence-electron chi connectivity index (χ1n) is 3.09. The number of halogens is 2. The maximum atomic E-state index is 12.2. The van der Waals surface area contributed by atoms with Gasteiger partial charge in [0, 0.05) is 11.5 Å². The molecular weight excluding hydrogens is 213 g/mol. The maximum Gasteiger partial charge on any atom is 0.212 e. The van der Waals surface area contributed by atoms with Crippen molar-refractivity contribution >= 4 is 15.9 Å². The number of aliphatic hydroxyl groups is 1. The third kappa shape index (κ3) is 2.24. The summed E-state index contributed by atoms with van der Waals surface area (Å²) in [4.78, 5) is 3.40. The fourth-order valence-corrected chi connectivity index (χ4v) is 1.05. The second kappa shape index (κ2) is 3.78. The molecule has 0 aliphatic carbocycles. The lowest BCUT2D eigenvalue weighted by Gasteiger charge is -2.04. The molecule has 1 heterocycles. The van der Waals surface area contributed by atoms with E-state index >= 15 is 0 Å². The second-order valence-corrected chi connectivity index (χ2v) is 2.73. The molecule has 1 N–H and O–H groups in total. The van der Waals surface area contributed by atoms with Crippen molar-refractivity contribution in [3.05, 3.63) is 29.8 Å². The number of aliphatic hydroxyl groups excluding tert-OH is 1. The van der Waals surface area contributed by atoms with Gasteiger partial charge in [-0.2, -0.15) is 4.39 Å². The van der Waals surface area contributed by atoms with Gasteiger partial charge < -0.3 is 5.11 Å². The highest BCUT2D eigenvalue weighted by molar-refractivity contribution is 9.09. The Morgan fingerprint density at radius 3 is 2.82 bits per heavy atom. The molecule has 1 aromatic rings. The first-order chi connectivity index (χ1) is 5.24. The van der Waals surface area contributed by atoms with Crippen LogP contribution in [0, 0.1) is 5.95 Å². The molecule has 0 fully saturated rings. The zero-order valence-electron chi connectivity index (χ0n) is 5.67. The fraction of sp³-hybridized carbons (Fsp3) is 0.286. The SMILES string of the molecule is OC(CBr)c1ccc(F)nc1. The highest BCUT2D eigenvalue weighted by atomic mass is 79.9. The van der Waals surface area contributed by atoms with E-state index in [1.807, 2.05) is 0 Å². The quantitative estimate of drug-likeness (QED) is 0.607. The minimum absolute atomic E-state index is 0.431. The summed E-state index contributed by atoms with van der Waals surface area (Å²) in [6.07, 6.45) is 0.712. The van der Waals surface area contributed by atoms with Crippen LogP contribution < -0.4 is 0 Å². The number of rotatable bonds is 2. The molecule has 0 spiro atoms. The van der Waals surface area contributed by atoms with Crippen molar-refractivity contribution in [2.45, 2.75) is 6.10 Å². The Morgan fingerprint density at radius 1 is 1.64 bits per heavy atom. The van der Waals surface area contributed by atoms with Gasteiger partial charge >= 0.3 is 0 Å². The molecule has 1 unspecified atom stereocenters. The minimum Gasteiger partial charge on any atom is -0.387 e. The number of alkyl halides is 1. The van der Waals surface area contributed by atoms with Crippen LogP contribution in [0.3, 0.4) is 0 Å². The van der Waals surface area contributed by atoms with E-state index in [0.29, 0.717) is 10.9 Å². The predicted molar refractivity (Wildman–Crippen MR) is 42.9 cm³/mol. The van der Waals surface area contributed by atoms with Gasteiger partial charge in [-0.15, -0.1) is 0 Å². The van der Waals surface area contributed by atoms with E-state index in [9.17, 15) is 9.50 Å². The molecule has 0 radical (unpaired) electrons. The van der Waals surface area contributed by atoms with E-state index in [2.05, 4.69) is 20.9 Å². The molecule has 1 rings (SSSR count).